The van der Waals surface area contributed by atoms with Crippen LogP contribution in [0.5, 0.6) is 0 Å². The van der Waals surface area contributed by atoms with Crippen LogP contribution in [0.1, 0.15) is 55.1 Å². The van der Waals surface area contributed by atoms with Gasteiger partial charge in [0.05, 0.1) is 11.8 Å². The molecule has 0 aliphatic heterocycles. The summed E-state index contributed by atoms with van der Waals surface area (Å²) >= 11 is 0. The summed E-state index contributed by atoms with van der Waals surface area (Å²) < 4.78 is 5.16. The molecule has 0 atom stereocenters. The highest BCUT2D eigenvalue weighted by Crippen LogP contribution is 2.41. The van der Waals surface area contributed by atoms with E-state index in [0.717, 1.165) is 11.3 Å². The summed E-state index contributed by atoms with van der Waals surface area (Å²) in [5.74, 6) is 0.993. The van der Waals surface area contributed by atoms with Crippen LogP contribution in [-0.4, -0.2) is 5.78 Å². The van der Waals surface area contributed by atoms with E-state index in [9.17, 15) is 4.79 Å². The summed E-state index contributed by atoms with van der Waals surface area (Å²) in [7, 11) is 0. The second-order valence-electron chi connectivity index (χ2n) is 5.01. The minimum atomic E-state index is 0.237. The highest BCUT2D eigenvalue weighted by atomic mass is 16.3. The van der Waals surface area contributed by atoms with Crippen molar-refractivity contribution in [2.24, 2.45) is 5.41 Å². The first kappa shape index (κ1) is 10.5. The molecule has 2 nitrogen and oxygen atoms in total. The van der Waals surface area contributed by atoms with Crippen LogP contribution in [0.25, 0.3) is 0 Å². The number of furan rings is 1. The summed E-state index contributed by atoms with van der Waals surface area (Å²) in [6.45, 7) is 4.08. The van der Waals surface area contributed by atoms with Crippen molar-refractivity contribution in [2.45, 2.75) is 46.0 Å². The monoisotopic (exact) mass is 206 g/mol. The fraction of sp³-hybridized carbons (Fsp3) is 0.615. The van der Waals surface area contributed by atoms with E-state index in [1.807, 2.05) is 6.92 Å². The van der Waals surface area contributed by atoms with Gasteiger partial charge in [-0.1, -0.05) is 19.8 Å². The lowest BCUT2D eigenvalue weighted by Gasteiger charge is -2.21. The third-order valence-electron chi connectivity index (χ3n) is 3.56. The predicted molar refractivity (Wildman–Crippen MR) is 59.0 cm³/mol. The van der Waals surface area contributed by atoms with Crippen LogP contribution in [0, 0.1) is 12.3 Å². The molecule has 0 aromatic carbocycles. The lowest BCUT2D eigenvalue weighted by atomic mass is 9.82. The summed E-state index contributed by atoms with van der Waals surface area (Å²) in [6, 6.07) is 1.79. The molecule has 2 heteroatoms. The number of ketones is 1. The highest BCUT2D eigenvalue weighted by Gasteiger charge is 2.31. The zero-order chi connectivity index (χ0) is 10.9. The minimum absolute atomic E-state index is 0.237. The Balaban J connectivity index is 2.07. The van der Waals surface area contributed by atoms with E-state index in [1.165, 1.54) is 25.7 Å². The Labute approximate surface area is 90.7 Å². The van der Waals surface area contributed by atoms with Crippen molar-refractivity contribution in [1.29, 1.82) is 0 Å². The molecule has 2 rings (SSSR count). The van der Waals surface area contributed by atoms with Crippen molar-refractivity contribution < 1.29 is 9.21 Å². The first-order valence-corrected chi connectivity index (χ1v) is 5.68. The fourth-order valence-corrected chi connectivity index (χ4v) is 2.56. The van der Waals surface area contributed by atoms with E-state index in [2.05, 4.69) is 6.92 Å². The van der Waals surface area contributed by atoms with Gasteiger partial charge in [0.15, 0.2) is 5.78 Å². The molecule has 1 aromatic heterocycles. The molecular formula is C13H18O2. The number of hydrogen-bond donors (Lipinski definition) is 0. The van der Waals surface area contributed by atoms with E-state index < -0.39 is 0 Å². The minimum Gasteiger partial charge on any atom is -0.469 e. The second kappa shape index (κ2) is 3.84. The van der Waals surface area contributed by atoms with Gasteiger partial charge in [-0.05, 0) is 31.2 Å². The Morgan fingerprint density at radius 1 is 1.47 bits per heavy atom. The van der Waals surface area contributed by atoms with Gasteiger partial charge in [0.25, 0.3) is 0 Å². The molecule has 1 aliphatic rings. The molecule has 0 unspecified atom stereocenters. The zero-order valence-corrected chi connectivity index (χ0v) is 9.51. The van der Waals surface area contributed by atoms with Gasteiger partial charge in [-0.25, -0.2) is 0 Å². The molecule has 0 bridgehead atoms. The maximum Gasteiger partial charge on any atom is 0.166 e. The van der Waals surface area contributed by atoms with Gasteiger partial charge >= 0.3 is 0 Å². The molecule has 0 radical (unpaired) electrons. The zero-order valence-electron chi connectivity index (χ0n) is 9.51. The maximum atomic E-state index is 12.0. The van der Waals surface area contributed by atoms with E-state index >= 15 is 0 Å². The lowest BCUT2D eigenvalue weighted by molar-refractivity contribution is 0.0922. The maximum absolute atomic E-state index is 12.0. The van der Waals surface area contributed by atoms with Crippen molar-refractivity contribution in [3.63, 3.8) is 0 Å². The first-order chi connectivity index (χ1) is 7.11. The third kappa shape index (κ3) is 2.14. The Morgan fingerprint density at radius 3 is 2.67 bits per heavy atom. The van der Waals surface area contributed by atoms with Gasteiger partial charge in [-0.15, -0.1) is 0 Å². The van der Waals surface area contributed by atoms with Crippen molar-refractivity contribution >= 4 is 5.78 Å². The lowest BCUT2D eigenvalue weighted by Crippen LogP contribution is -2.17. The molecule has 1 heterocycles. The molecule has 1 aliphatic carbocycles. The molecule has 0 amide bonds. The molecule has 0 N–H and O–H groups in total. The summed E-state index contributed by atoms with van der Waals surface area (Å²) in [6.07, 6.45) is 7.19. The second-order valence-corrected chi connectivity index (χ2v) is 5.01. The van der Waals surface area contributed by atoms with Crippen molar-refractivity contribution in [3.8, 4) is 0 Å². The summed E-state index contributed by atoms with van der Waals surface area (Å²) in [4.78, 5) is 12.0. The molecule has 82 valence electrons. The molecule has 1 saturated carbocycles. The smallest absolute Gasteiger partial charge is 0.166 e. The topological polar surface area (TPSA) is 30.2 Å². The van der Waals surface area contributed by atoms with Crippen molar-refractivity contribution in [2.75, 3.05) is 0 Å². The standard InChI is InChI=1S/C13H18O2/c1-10-11(5-8-15-10)12(14)9-13(2)6-3-4-7-13/h5,8H,3-4,6-7,9H2,1-2H3. The molecule has 0 spiro atoms. The number of aryl methyl sites for hydroxylation is 1. The van der Waals surface area contributed by atoms with Gasteiger partial charge in [0.1, 0.15) is 5.76 Å². The summed E-state index contributed by atoms with van der Waals surface area (Å²) in [5.41, 5.74) is 1.00. The molecule has 0 saturated heterocycles. The van der Waals surface area contributed by atoms with Gasteiger partial charge in [-0.2, -0.15) is 0 Å². The van der Waals surface area contributed by atoms with E-state index in [1.54, 1.807) is 12.3 Å². The fourth-order valence-electron chi connectivity index (χ4n) is 2.56. The number of rotatable bonds is 3. The van der Waals surface area contributed by atoms with Crippen LogP contribution >= 0.6 is 0 Å². The molecule has 1 aromatic rings. The molecular weight excluding hydrogens is 188 g/mol. The van der Waals surface area contributed by atoms with Crippen molar-refractivity contribution in [1.82, 2.24) is 0 Å². The third-order valence-corrected chi connectivity index (χ3v) is 3.56. The van der Waals surface area contributed by atoms with Crippen LogP contribution in [0.15, 0.2) is 16.7 Å². The van der Waals surface area contributed by atoms with Gasteiger partial charge in [0.2, 0.25) is 0 Å². The van der Waals surface area contributed by atoms with Gasteiger partial charge in [-0.3, -0.25) is 4.79 Å². The van der Waals surface area contributed by atoms with Crippen molar-refractivity contribution in [3.05, 3.63) is 23.7 Å². The van der Waals surface area contributed by atoms with Crippen LogP contribution in [-0.2, 0) is 0 Å². The van der Waals surface area contributed by atoms with E-state index in [0.29, 0.717) is 6.42 Å². The Morgan fingerprint density at radius 2 is 2.13 bits per heavy atom. The SMILES string of the molecule is Cc1occc1C(=O)CC1(C)CCCC1. The average Bonchev–Trinajstić information content (AvgIpc) is 2.74. The Hall–Kier alpha value is -1.05. The molecule has 1 fully saturated rings. The number of carbonyl (C=O) groups is 1. The van der Waals surface area contributed by atoms with Gasteiger partial charge < -0.3 is 4.42 Å². The normalized spacial score (nSPS) is 19.3. The summed E-state index contributed by atoms with van der Waals surface area (Å²) in [5, 5.41) is 0. The van der Waals surface area contributed by atoms with Crippen LogP contribution in [0.2, 0.25) is 0 Å². The van der Waals surface area contributed by atoms with E-state index in [4.69, 9.17) is 4.42 Å². The van der Waals surface area contributed by atoms with Gasteiger partial charge in [0, 0.05) is 6.42 Å². The number of hydrogen-bond acceptors (Lipinski definition) is 2. The van der Waals surface area contributed by atoms with E-state index in [-0.39, 0.29) is 11.2 Å². The average molecular weight is 206 g/mol. The Bertz CT molecular complexity index is 356. The quantitative estimate of drug-likeness (QED) is 0.705. The van der Waals surface area contributed by atoms with Crippen LogP contribution in [0.4, 0.5) is 0 Å². The number of carbonyl (C=O) groups excluding carboxylic acids is 1. The first-order valence-electron chi connectivity index (χ1n) is 5.68. The van der Waals surface area contributed by atoms with Crippen LogP contribution < -0.4 is 0 Å². The predicted octanol–water partition coefficient (Wildman–Crippen LogP) is 3.74. The molecule has 15 heavy (non-hydrogen) atoms. The Kier molecular flexibility index (Phi) is 2.68. The highest BCUT2D eigenvalue weighted by molar-refractivity contribution is 5.97. The van der Waals surface area contributed by atoms with Crippen LogP contribution in [0.3, 0.4) is 0 Å². The largest absolute Gasteiger partial charge is 0.469 e. The number of Topliss-reactive ketones (excluding diaryl/α,β-unsaturated/α-hetero) is 1.